The lowest BCUT2D eigenvalue weighted by Crippen LogP contribution is -2.52. The Hall–Kier alpha value is -2.55. The minimum atomic E-state index is -0.205. The van der Waals surface area contributed by atoms with Gasteiger partial charge in [-0.25, -0.2) is 9.67 Å². The second-order valence-electron chi connectivity index (χ2n) is 5.56. The molecule has 0 radical (unpaired) electrons. The van der Waals surface area contributed by atoms with Crippen molar-refractivity contribution in [3.63, 3.8) is 0 Å². The lowest BCUT2D eigenvalue weighted by Gasteiger charge is -2.32. The third-order valence-corrected chi connectivity index (χ3v) is 3.81. The van der Waals surface area contributed by atoms with Gasteiger partial charge in [0.15, 0.2) is 0 Å². The van der Waals surface area contributed by atoms with Gasteiger partial charge in [0.05, 0.1) is 25.8 Å². The molecule has 0 spiro atoms. The van der Waals surface area contributed by atoms with E-state index in [1.54, 1.807) is 23.9 Å². The van der Waals surface area contributed by atoms with Crippen molar-refractivity contribution in [2.75, 3.05) is 13.2 Å². The predicted octanol–water partition coefficient (Wildman–Crippen LogP) is 0.119. The van der Waals surface area contributed by atoms with Crippen LogP contribution in [0, 0.1) is 6.92 Å². The standard InChI is InChI=1S/C15H20N6O3/c1-11-18-19-20-21(11)8-5-14(22)17-12-10-23-9-6-13(12)24-15-4-2-3-7-16-15/h2-4,7,12-13H,5-6,8-10H2,1H3,(H,17,22)/t12-,13-/m1/s1. The number of ether oxygens (including phenoxy) is 2. The van der Waals surface area contributed by atoms with E-state index in [0.29, 0.717) is 44.3 Å². The summed E-state index contributed by atoms with van der Waals surface area (Å²) < 4.78 is 13.0. The highest BCUT2D eigenvalue weighted by atomic mass is 16.5. The minimum absolute atomic E-state index is 0.0879. The summed E-state index contributed by atoms with van der Waals surface area (Å²) >= 11 is 0. The molecule has 1 saturated heterocycles. The number of aromatic nitrogens is 5. The van der Waals surface area contributed by atoms with Crippen LogP contribution in [0.3, 0.4) is 0 Å². The molecule has 9 heteroatoms. The maximum absolute atomic E-state index is 12.2. The summed E-state index contributed by atoms with van der Waals surface area (Å²) in [7, 11) is 0. The van der Waals surface area contributed by atoms with E-state index in [4.69, 9.17) is 9.47 Å². The van der Waals surface area contributed by atoms with Gasteiger partial charge < -0.3 is 14.8 Å². The molecule has 1 amide bonds. The van der Waals surface area contributed by atoms with Crippen LogP contribution in [0.5, 0.6) is 5.88 Å². The summed E-state index contributed by atoms with van der Waals surface area (Å²) in [6.45, 7) is 3.26. The second-order valence-corrected chi connectivity index (χ2v) is 5.56. The normalized spacial score (nSPS) is 20.5. The Labute approximate surface area is 139 Å². The highest BCUT2D eigenvalue weighted by Gasteiger charge is 2.29. The molecule has 128 valence electrons. The first kappa shape index (κ1) is 16.3. The smallest absolute Gasteiger partial charge is 0.222 e. The topological polar surface area (TPSA) is 104 Å². The Balaban J connectivity index is 1.53. The first-order valence-corrected chi connectivity index (χ1v) is 7.90. The number of hydrogen-bond donors (Lipinski definition) is 1. The van der Waals surface area contributed by atoms with Gasteiger partial charge in [-0.3, -0.25) is 4.79 Å². The monoisotopic (exact) mass is 332 g/mol. The van der Waals surface area contributed by atoms with Crippen molar-refractivity contribution < 1.29 is 14.3 Å². The zero-order valence-electron chi connectivity index (χ0n) is 13.5. The lowest BCUT2D eigenvalue weighted by atomic mass is 10.1. The van der Waals surface area contributed by atoms with Gasteiger partial charge in [0.1, 0.15) is 11.9 Å². The summed E-state index contributed by atoms with van der Waals surface area (Å²) in [6.07, 6.45) is 2.51. The van der Waals surface area contributed by atoms with Gasteiger partial charge in [-0.2, -0.15) is 0 Å². The van der Waals surface area contributed by atoms with Crippen LogP contribution in [0.15, 0.2) is 24.4 Å². The maximum Gasteiger partial charge on any atom is 0.222 e. The fourth-order valence-corrected chi connectivity index (χ4v) is 2.51. The number of carbonyl (C=O) groups excluding carboxylic acids is 1. The van der Waals surface area contributed by atoms with Crippen molar-refractivity contribution in [3.8, 4) is 5.88 Å². The van der Waals surface area contributed by atoms with Crippen LogP contribution in [0.2, 0.25) is 0 Å². The van der Waals surface area contributed by atoms with Crippen molar-refractivity contribution in [2.45, 2.75) is 38.5 Å². The van der Waals surface area contributed by atoms with E-state index in [-0.39, 0.29) is 18.1 Å². The van der Waals surface area contributed by atoms with Crippen molar-refractivity contribution in [1.82, 2.24) is 30.5 Å². The molecule has 1 aliphatic rings. The molecule has 1 aliphatic heterocycles. The fraction of sp³-hybridized carbons (Fsp3) is 0.533. The first-order chi connectivity index (χ1) is 11.7. The minimum Gasteiger partial charge on any atom is -0.472 e. The van der Waals surface area contributed by atoms with Crippen LogP contribution in [-0.2, 0) is 16.1 Å². The molecule has 24 heavy (non-hydrogen) atoms. The summed E-state index contributed by atoms with van der Waals surface area (Å²) in [5.74, 6) is 1.14. The number of pyridine rings is 1. The van der Waals surface area contributed by atoms with Crippen LogP contribution in [-0.4, -0.2) is 56.5 Å². The van der Waals surface area contributed by atoms with E-state index >= 15 is 0 Å². The van der Waals surface area contributed by atoms with Gasteiger partial charge in [0.2, 0.25) is 11.8 Å². The van der Waals surface area contributed by atoms with Gasteiger partial charge >= 0.3 is 0 Å². The number of hydrogen-bond acceptors (Lipinski definition) is 7. The number of carbonyl (C=O) groups is 1. The average molecular weight is 332 g/mol. The third-order valence-electron chi connectivity index (χ3n) is 3.81. The molecule has 3 heterocycles. The van der Waals surface area contributed by atoms with Gasteiger partial charge in [0.25, 0.3) is 0 Å². The third kappa shape index (κ3) is 4.25. The zero-order valence-corrected chi connectivity index (χ0v) is 13.5. The molecule has 0 unspecified atom stereocenters. The van der Waals surface area contributed by atoms with Gasteiger partial charge in [-0.15, -0.1) is 5.10 Å². The molecular weight excluding hydrogens is 312 g/mol. The first-order valence-electron chi connectivity index (χ1n) is 7.90. The number of tetrazole rings is 1. The lowest BCUT2D eigenvalue weighted by molar-refractivity contribution is -0.124. The Morgan fingerprint density at radius 3 is 3.17 bits per heavy atom. The highest BCUT2D eigenvalue weighted by Crippen LogP contribution is 2.16. The molecule has 0 aromatic carbocycles. The summed E-state index contributed by atoms with van der Waals surface area (Å²) in [6, 6.07) is 5.29. The molecule has 2 atom stereocenters. The largest absolute Gasteiger partial charge is 0.472 e. The number of nitrogens with one attached hydrogen (secondary N) is 1. The Morgan fingerprint density at radius 2 is 2.42 bits per heavy atom. The molecule has 1 N–H and O–H groups in total. The van der Waals surface area contributed by atoms with E-state index in [1.165, 1.54) is 0 Å². The molecule has 2 aromatic rings. The van der Waals surface area contributed by atoms with E-state index < -0.39 is 0 Å². The number of aryl methyl sites for hydroxylation is 2. The highest BCUT2D eigenvalue weighted by molar-refractivity contribution is 5.76. The molecule has 3 rings (SSSR count). The van der Waals surface area contributed by atoms with Crippen molar-refractivity contribution in [3.05, 3.63) is 30.2 Å². The summed E-state index contributed by atoms with van der Waals surface area (Å²) in [5, 5.41) is 14.1. The molecule has 0 aliphatic carbocycles. The van der Waals surface area contributed by atoms with Gasteiger partial charge in [-0.1, -0.05) is 6.07 Å². The van der Waals surface area contributed by atoms with Crippen molar-refractivity contribution in [1.29, 1.82) is 0 Å². The van der Waals surface area contributed by atoms with Crippen molar-refractivity contribution in [2.24, 2.45) is 0 Å². The molecule has 9 nitrogen and oxygen atoms in total. The Morgan fingerprint density at radius 1 is 1.50 bits per heavy atom. The van der Waals surface area contributed by atoms with Crippen LogP contribution < -0.4 is 10.1 Å². The molecule has 2 aromatic heterocycles. The quantitative estimate of drug-likeness (QED) is 0.801. The van der Waals surface area contributed by atoms with Crippen LogP contribution in [0.4, 0.5) is 0 Å². The number of nitrogens with zero attached hydrogens (tertiary/aromatic N) is 5. The fourth-order valence-electron chi connectivity index (χ4n) is 2.51. The van der Waals surface area contributed by atoms with Gasteiger partial charge in [0, 0.05) is 25.1 Å². The summed E-state index contributed by atoms with van der Waals surface area (Å²) in [4.78, 5) is 16.4. The second kappa shape index (κ2) is 7.82. The number of rotatable bonds is 6. The SMILES string of the molecule is Cc1nnnn1CCC(=O)N[C@@H]1COCC[C@H]1Oc1ccccn1. The van der Waals surface area contributed by atoms with Gasteiger partial charge in [-0.05, 0) is 23.4 Å². The molecular formula is C15H20N6O3. The zero-order chi connectivity index (χ0) is 16.8. The van der Waals surface area contributed by atoms with E-state index in [9.17, 15) is 4.79 Å². The van der Waals surface area contributed by atoms with Crippen molar-refractivity contribution >= 4 is 5.91 Å². The predicted molar refractivity (Wildman–Crippen MR) is 83.2 cm³/mol. The number of amides is 1. The molecule has 0 bridgehead atoms. The Kier molecular flexibility index (Phi) is 5.32. The summed E-state index contributed by atoms with van der Waals surface area (Å²) in [5.41, 5.74) is 0. The molecule has 1 fully saturated rings. The van der Waals surface area contributed by atoms with E-state index in [0.717, 1.165) is 0 Å². The average Bonchev–Trinajstić information content (AvgIpc) is 3.01. The van der Waals surface area contributed by atoms with E-state index in [2.05, 4.69) is 25.8 Å². The van der Waals surface area contributed by atoms with Crippen LogP contribution in [0.1, 0.15) is 18.7 Å². The Bertz CT molecular complexity index is 662. The van der Waals surface area contributed by atoms with Crippen LogP contribution in [0.25, 0.3) is 0 Å². The van der Waals surface area contributed by atoms with E-state index in [1.807, 2.05) is 12.1 Å². The molecule has 0 saturated carbocycles. The maximum atomic E-state index is 12.2. The van der Waals surface area contributed by atoms with Crippen LogP contribution >= 0.6 is 0 Å².